The topological polar surface area (TPSA) is 56.9 Å². The molecule has 2 aliphatic rings. The van der Waals surface area contributed by atoms with Crippen LogP contribution in [0, 0.1) is 11.8 Å². The standard InChI is InChI=1S/C27H47N5/c1-19(2)11-9-13-21(4)23(6)29-27(14-10-12-20(3)22(5)28)30-24(7)32-17-25-15-16-26(18-32)31(25)8/h10,12,14,19,21,23,25-26H,5,7,9,11,13,15-18,28H2,1-4,6,8H3,(H,29,30)/b14-10+,20-12-/t21-,23-,25?,26?/m0/s1. The highest BCUT2D eigenvalue weighted by Crippen LogP contribution is 2.29. The average Bonchev–Trinajstić information content (AvgIpc) is 2.92. The van der Waals surface area contributed by atoms with Crippen LogP contribution < -0.4 is 11.1 Å². The first-order chi connectivity index (χ1) is 15.1. The van der Waals surface area contributed by atoms with Crippen molar-refractivity contribution in [2.75, 3.05) is 20.1 Å². The van der Waals surface area contributed by atoms with Crippen molar-refractivity contribution in [1.29, 1.82) is 0 Å². The molecule has 0 radical (unpaired) electrons. The Bertz CT molecular complexity index is 718. The summed E-state index contributed by atoms with van der Waals surface area (Å²) in [6, 6.07) is 1.49. The molecule has 0 aromatic rings. The first-order valence-electron chi connectivity index (χ1n) is 12.4. The Hall–Kier alpha value is -2.01. The molecule has 2 fully saturated rings. The molecular weight excluding hydrogens is 394 g/mol. The minimum Gasteiger partial charge on any atom is -0.399 e. The highest BCUT2D eigenvalue weighted by Gasteiger charge is 2.37. The summed E-state index contributed by atoms with van der Waals surface area (Å²) in [7, 11) is 2.26. The Balaban J connectivity index is 2.08. The van der Waals surface area contributed by atoms with Crippen LogP contribution in [-0.4, -0.2) is 53.9 Å². The largest absolute Gasteiger partial charge is 0.399 e. The summed E-state index contributed by atoms with van der Waals surface area (Å²) in [5.74, 6) is 3.10. The van der Waals surface area contributed by atoms with Gasteiger partial charge < -0.3 is 16.0 Å². The van der Waals surface area contributed by atoms with Crippen molar-refractivity contribution >= 4 is 5.84 Å². The van der Waals surface area contributed by atoms with Gasteiger partial charge in [0.25, 0.3) is 0 Å². The molecule has 2 saturated heterocycles. The number of likely N-dealkylation sites (tertiary alicyclic amines) is 1. The molecule has 2 aliphatic heterocycles. The van der Waals surface area contributed by atoms with Crippen LogP contribution in [0.5, 0.6) is 0 Å². The number of hydrogen-bond donors (Lipinski definition) is 2. The summed E-state index contributed by atoms with van der Waals surface area (Å²) in [5.41, 5.74) is 7.35. The normalized spacial score (nSPS) is 24.3. The summed E-state index contributed by atoms with van der Waals surface area (Å²) in [4.78, 5) is 9.99. The van der Waals surface area contributed by atoms with Crippen LogP contribution >= 0.6 is 0 Å². The van der Waals surface area contributed by atoms with Crippen molar-refractivity contribution in [3.63, 3.8) is 0 Å². The first kappa shape index (κ1) is 26.2. The SMILES string of the molecule is C=C(N)/C(C)=C\C=C\C(=N[C@@H](C)[C@@H](C)CCCC(C)C)NC(=C)N1CC2CCC(C1)N2C. The second-order valence-corrected chi connectivity index (χ2v) is 10.3. The number of likely N-dealkylation sites (N-methyl/N-ethyl adjacent to an activating group) is 1. The number of piperazine rings is 1. The Morgan fingerprint density at radius 3 is 2.31 bits per heavy atom. The van der Waals surface area contributed by atoms with E-state index < -0.39 is 0 Å². The van der Waals surface area contributed by atoms with Crippen molar-refractivity contribution < 1.29 is 0 Å². The maximum absolute atomic E-state index is 5.80. The second-order valence-electron chi connectivity index (χ2n) is 10.3. The number of rotatable bonds is 11. The van der Waals surface area contributed by atoms with Gasteiger partial charge in [0.2, 0.25) is 0 Å². The Morgan fingerprint density at radius 2 is 1.75 bits per heavy atom. The summed E-state index contributed by atoms with van der Waals surface area (Å²) in [6.07, 6.45) is 12.3. The number of nitrogens with one attached hydrogen (secondary N) is 1. The minimum atomic E-state index is 0.236. The third kappa shape index (κ3) is 7.84. The molecule has 32 heavy (non-hydrogen) atoms. The highest BCUT2D eigenvalue weighted by molar-refractivity contribution is 5.94. The fourth-order valence-corrected chi connectivity index (χ4v) is 4.50. The van der Waals surface area contributed by atoms with E-state index in [1.54, 1.807) is 0 Å². The molecule has 0 aromatic heterocycles. The Kier molecular flexibility index (Phi) is 10.1. The van der Waals surface area contributed by atoms with Gasteiger partial charge in [0.1, 0.15) is 5.84 Å². The number of nitrogens with two attached hydrogens (primary N) is 1. The van der Waals surface area contributed by atoms with Crippen LogP contribution in [0.3, 0.4) is 0 Å². The van der Waals surface area contributed by atoms with Gasteiger partial charge in [-0.15, -0.1) is 0 Å². The lowest BCUT2D eigenvalue weighted by Crippen LogP contribution is -2.53. The molecule has 2 heterocycles. The van der Waals surface area contributed by atoms with Gasteiger partial charge in [0, 0.05) is 30.9 Å². The zero-order valence-electron chi connectivity index (χ0n) is 21.4. The van der Waals surface area contributed by atoms with E-state index in [9.17, 15) is 0 Å². The van der Waals surface area contributed by atoms with Gasteiger partial charge >= 0.3 is 0 Å². The summed E-state index contributed by atoms with van der Waals surface area (Å²) in [5, 5.41) is 3.53. The first-order valence-corrected chi connectivity index (χ1v) is 12.4. The predicted molar refractivity (Wildman–Crippen MR) is 139 cm³/mol. The maximum atomic E-state index is 5.80. The van der Waals surface area contributed by atoms with E-state index in [2.05, 4.69) is 63.0 Å². The lowest BCUT2D eigenvalue weighted by atomic mass is 9.95. The number of aliphatic imine (C=N–C) groups is 1. The molecule has 0 spiro atoms. The number of fused-ring (bicyclic) bond motifs is 2. The molecule has 180 valence electrons. The number of allylic oxidation sites excluding steroid dienone is 3. The van der Waals surface area contributed by atoms with Gasteiger partial charge in [0.05, 0.1) is 11.9 Å². The van der Waals surface area contributed by atoms with Gasteiger partial charge in [-0.3, -0.25) is 9.89 Å². The fourth-order valence-electron chi connectivity index (χ4n) is 4.50. The second kappa shape index (κ2) is 12.3. The van der Waals surface area contributed by atoms with Crippen LogP contribution in [0.25, 0.3) is 0 Å². The highest BCUT2D eigenvalue weighted by atomic mass is 15.4. The van der Waals surface area contributed by atoms with Crippen molar-refractivity contribution in [2.24, 2.45) is 22.6 Å². The van der Waals surface area contributed by atoms with Gasteiger partial charge in [0.15, 0.2) is 0 Å². The smallest absolute Gasteiger partial charge is 0.126 e. The molecule has 5 heteroatoms. The van der Waals surface area contributed by atoms with Crippen LogP contribution in [0.15, 0.2) is 53.5 Å². The van der Waals surface area contributed by atoms with E-state index in [1.165, 1.54) is 32.1 Å². The van der Waals surface area contributed by atoms with E-state index in [0.29, 0.717) is 23.7 Å². The van der Waals surface area contributed by atoms with Crippen molar-refractivity contribution in [3.05, 3.63) is 48.5 Å². The van der Waals surface area contributed by atoms with Crippen LogP contribution in [-0.2, 0) is 0 Å². The third-order valence-electron chi connectivity index (χ3n) is 7.22. The summed E-state index contributed by atoms with van der Waals surface area (Å²) >= 11 is 0. The van der Waals surface area contributed by atoms with E-state index >= 15 is 0 Å². The van der Waals surface area contributed by atoms with Crippen molar-refractivity contribution in [3.8, 4) is 0 Å². The van der Waals surface area contributed by atoms with E-state index in [1.807, 2.05) is 25.2 Å². The molecule has 2 rings (SSSR count). The number of nitrogens with zero attached hydrogens (tertiary/aromatic N) is 3. The molecule has 2 unspecified atom stereocenters. The minimum absolute atomic E-state index is 0.236. The fraction of sp³-hybridized carbons (Fsp3) is 0.667. The lowest BCUT2D eigenvalue weighted by Gasteiger charge is -2.41. The molecule has 0 aliphatic carbocycles. The summed E-state index contributed by atoms with van der Waals surface area (Å²) < 4.78 is 0. The lowest BCUT2D eigenvalue weighted by molar-refractivity contribution is 0.109. The van der Waals surface area contributed by atoms with E-state index in [-0.39, 0.29) is 6.04 Å². The predicted octanol–water partition coefficient (Wildman–Crippen LogP) is 5.05. The molecule has 0 saturated carbocycles. The number of amidine groups is 1. The third-order valence-corrected chi connectivity index (χ3v) is 7.22. The monoisotopic (exact) mass is 441 g/mol. The van der Waals surface area contributed by atoms with Gasteiger partial charge in [-0.25, -0.2) is 0 Å². The molecule has 4 atom stereocenters. The van der Waals surface area contributed by atoms with Crippen LogP contribution in [0.4, 0.5) is 0 Å². The molecule has 5 nitrogen and oxygen atoms in total. The zero-order chi connectivity index (χ0) is 23.8. The molecule has 2 bridgehead atoms. The van der Waals surface area contributed by atoms with Crippen molar-refractivity contribution in [2.45, 2.75) is 84.8 Å². The Morgan fingerprint density at radius 1 is 1.12 bits per heavy atom. The molecular formula is C27H47N5. The van der Waals surface area contributed by atoms with E-state index in [4.69, 9.17) is 10.7 Å². The zero-order valence-corrected chi connectivity index (χ0v) is 21.4. The van der Waals surface area contributed by atoms with Gasteiger partial charge in [-0.05, 0) is 63.6 Å². The van der Waals surface area contributed by atoms with Crippen LogP contribution in [0.2, 0.25) is 0 Å². The quantitative estimate of drug-likeness (QED) is 0.268. The maximum Gasteiger partial charge on any atom is 0.126 e. The van der Waals surface area contributed by atoms with Gasteiger partial charge in [-0.1, -0.05) is 58.9 Å². The van der Waals surface area contributed by atoms with Gasteiger partial charge in [-0.2, -0.15) is 0 Å². The average molecular weight is 442 g/mol. The molecule has 0 aromatic carbocycles. The summed E-state index contributed by atoms with van der Waals surface area (Å²) in [6.45, 7) is 21.3. The van der Waals surface area contributed by atoms with Crippen molar-refractivity contribution in [1.82, 2.24) is 15.1 Å². The molecule has 3 N–H and O–H groups in total. The van der Waals surface area contributed by atoms with E-state index in [0.717, 1.165) is 36.2 Å². The number of hydrogen-bond acceptors (Lipinski definition) is 4. The Labute approximate surface area is 197 Å². The van der Waals surface area contributed by atoms with Crippen LogP contribution in [0.1, 0.15) is 66.7 Å². The molecule has 0 amide bonds.